The largest absolute Gasteiger partial charge is 0.465 e. The highest BCUT2D eigenvalue weighted by Gasteiger charge is 2.13. The molecular formula is C9H19NO2S. The standard InChI is InChI=1S/C9H19NO2S/c1-4-12-9(11)8(10)5-6-13-7(2)3/h7-8H,4-6,10H2,1-3H3. The normalized spacial score (nSPS) is 13.0. The summed E-state index contributed by atoms with van der Waals surface area (Å²) >= 11 is 1.81. The number of carbonyl (C=O) groups is 1. The molecule has 0 radical (unpaired) electrons. The van der Waals surface area contributed by atoms with Crippen molar-refractivity contribution in [3.63, 3.8) is 0 Å². The van der Waals surface area contributed by atoms with Crippen molar-refractivity contribution in [2.45, 2.75) is 38.5 Å². The monoisotopic (exact) mass is 205 g/mol. The minimum atomic E-state index is -0.453. The molecular weight excluding hydrogens is 186 g/mol. The van der Waals surface area contributed by atoms with Gasteiger partial charge in [-0.25, -0.2) is 0 Å². The second kappa shape index (κ2) is 7.21. The Balaban J connectivity index is 3.49. The van der Waals surface area contributed by atoms with Crippen LogP contribution in [0.3, 0.4) is 0 Å². The number of carbonyl (C=O) groups excluding carboxylic acids is 1. The Morgan fingerprint density at radius 3 is 2.62 bits per heavy atom. The van der Waals surface area contributed by atoms with Crippen LogP contribution in [-0.2, 0) is 9.53 Å². The average Bonchev–Trinajstić information content (AvgIpc) is 2.04. The van der Waals surface area contributed by atoms with Crippen molar-refractivity contribution in [2.75, 3.05) is 12.4 Å². The summed E-state index contributed by atoms with van der Waals surface area (Å²) in [5.74, 6) is 0.629. The Morgan fingerprint density at radius 2 is 2.15 bits per heavy atom. The number of rotatable bonds is 6. The molecule has 0 bridgehead atoms. The molecule has 0 aromatic rings. The summed E-state index contributed by atoms with van der Waals surface area (Å²) < 4.78 is 4.79. The lowest BCUT2D eigenvalue weighted by molar-refractivity contribution is -0.144. The van der Waals surface area contributed by atoms with E-state index in [2.05, 4.69) is 13.8 Å². The summed E-state index contributed by atoms with van der Waals surface area (Å²) in [6, 6.07) is -0.453. The molecule has 13 heavy (non-hydrogen) atoms. The van der Waals surface area contributed by atoms with Crippen molar-refractivity contribution in [1.29, 1.82) is 0 Å². The average molecular weight is 205 g/mol. The Morgan fingerprint density at radius 1 is 1.54 bits per heavy atom. The van der Waals surface area contributed by atoms with Gasteiger partial charge in [-0.2, -0.15) is 11.8 Å². The van der Waals surface area contributed by atoms with Crippen LogP contribution in [0.1, 0.15) is 27.2 Å². The number of hydrogen-bond acceptors (Lipinski definition) is 4. The van der Waals surface area contributed by atoms with Gasteiger partial charge in [-0.3, -0.25) is 4.79 Å². The minimum Gasteiger partial charge on any atom is -0.465 e. The molecule has 0 aliphatic carbocycles. The van der Waals surface area contributed by atoms with Gasteiger partial charge in [0, 0.05) is 0 Å². The molecule has 0 heterocycles. The second-order valence-electron chi connectivity index (χ2n) is 3.07. The summed E-state index contributed by atoms with van der Waals surface area (Å²) in [7, 11) is 0. The summed E-state index contributed by atoms with van der Waals surface area (Å²) in [5, 5.41) is 0.592. The number of esters is 1. The molecule has 3 nitrogen and oxygen atoms in total. The molecule has 1 unspecified atom stereocenters. The van der Waals surface area contributed by atoms with Crippen molar-refractivity contribution in [2.24, 2.45) is 5.73 Å². The molecule has 0 saturated carbocycles. The molecule has 0 saturated heterocycles. The molecule has 0 fully saturated rings. The highest BCUT2D eigenvalue weighted by molar-refractivity contribution is 7.99. The molecule has 0 amide bonds. The number of thioether (sulfide) groups is 1. The van der Waals surface area contributed by atoms with Gasteiger partial charge in [-0.15, -0.1) is 0 Å². The zero-order chi connectivity index (χ0) is 10.3. The van der Waals surface area contributed by atoms with Gasteiger partial charge in [-0.1, -0.05) is 13.8 Å². The van der Waals surface area contributed by atoms with Crippen molar-refractivity contribution in [1.82, 2.24) is 0 Å². The van der Waals surface area contributed by atoms with Crippen LogP contribution in [0.5, 0.6) is 0 Å². The van der Waals surface area contributed by atoms with Crippen LogP contribution in [0.15, 0.2) is 0 Å². The number of hydrogen-bond donors (Lipinski definition) is 1. The quantitative estimate of drug-likeness (QED) is 0.666. The zero-order valence-electron chi connectivity index (χ0n) is 8.58. The van der Waals surface area contributed by atoms with Crippen LogP contribution in [0.25, 0.3) is 0 Å². The Hall–Kier alpha value is -0.220. The summed E-state index contributed by atoms with van der Waals surface area (Å²) in [5.41, 5.74) is 5.60. The van der Waals surface area contributed by atoms with E-state index in [0.717, 1.165) is 5.75 Å². The molecule has 0 aromatic heterocycles. The van der Waals surface area contributed by atoms with E-state index in [1.54, 1.807) is 6.92 Å². The zero-order valence-corrected chi connectivity index (χ0v) is 9.39. The number of ether oxygens (including phenoxy) is 1. The van der Waals surface area contributed by atoms with Gasteiger partial charge in [0.15, 0.2) is 0 Å². The topological polar surface area (TPSA) is 52.3 Å². The maximum atomic E-state index is 11.1. The van der Waals surface area contributed by atoms with Crippen LogP contribution in [0.2, 0.25) is 0 Å². The molecule has 2 N–H and O–H groups in total. The van der Waals surface area contributed by atoms with Gasteiger partial charge < -0.3 is 10.5 Å². The van der Waals surface area contributed by atoms with Crippen LogP contribution < -0.4 is 5.73 Å². The van der Waals surface area contributed by atoms with Gasteiger partial charge in [0.25, 0.3) is 0 Å². The van der Waals surface area contributed by atoms with E-state index in [4.69, 9.17) is 10.5 Å². The van der Waals surface area contributed by atoms with Gasteiger partial charge in [0.1, 0.15) is 6.04 Å². The van der Waals surface area contributed by atoms with Gasteiger partial charge in [0.2, 0.25) is 0 Å². The first-order valence-corrected chi connectivity index (χ1v) is 5.66. The molecule has 0 spiro atoms. The summed E-state index contributed by atoms with van der Waals surface area (Å²) in [6.07, 6.45) is 0.696. The van der Waals surface area contributed by atoms with E-state index in [-0.39, 0.29) is 5.97 Å². The fourth-order valence-electron chi connectivity index (χ4n) is 0.798. The molecule has 0 aliphatic heterocycles. The van der Waals surface area contributed by atoms with E-state index >= 15 is 0 Å². The third-order valence-electron chi connectivity index (χ3n) is 1.47. The Bertz CT molecular complexity index is 151. The third kappa shape index (κ3) is 6.90. The van der Waals surface area contributed by atoms with Crippen molar-refractivity contribution in [3.05, 3.63) is 0 Å². The lowest BCUT2D eigenvalue weighted by Crippen LogP contribution is -2.32. The lowest BCUT2D eigenvalue weighted by atomic mass is 10.2. The molecule has 1 atom stereocenters. The molecule has 0 aliphatic rings. The highest BCUT2D eigenvalue weighted by atomic mass is 32.2. The fraction of sp³-hybridized carbons (Fsp3) is 0.889. The van der Waals surface area contributed by atoms with Crippen LogP contribution in [0.4, 0.5) is 0 Å². The number of nitrogens with two attached hydrogens (primary N) is 1. The first-order valence-electron chi connectivity index (χ1n) is 4.61. The Kier molecular flexibility index (Phi) is 7.09. The van der Waals surface area contributed by atoms with Crippen molar-refractivity contribution >= 4 is 17.7 Å². The lowest BCUT2D eigenvalue weighted by Gasteiger charge is -2.10. The van der Waals surface area contributed by atoms with Crippen molar-refractivity contribution < 1.29 is 9.53 Å². The van der Waals surface area contributed by atoms with Gasteiger partial charge in [0.05, 0.1) is 6.61 Å². The SMILES string of the molecule is CCOC(=O)C(N)CCSC(C)C. The first-order chi connectivity index (χ1) is 6.07. The first kappa shape index (κ1) is 12.8. The van der Waals surface area contributed by atoms with E-state index < -0.39 is 6.04 Å². The van der Waals surface area contributed by atoms with Crippen LogP contribution in [0, 0.1) is 0 Å². The summed E-state index contributed by atoms with van der Waals surface area (Å²) in [6.45, 7) is 6.44. The molecule has 4 heteroatoms. The smallest absolute Gasteiger partial charge is 0.322 e. The molecule has 78 valence electrons. The maximum Gasteiger partial charge on any atom is 0.322 e. The van der Waals surface area contributed by atoms with E-state index in [0.29, 0.717) is 18.3 Å². The summed E-state index contributed by atoms with van der Waals surface area (Å²) in [4.78, 5) is 11.1. The fourth-order valence-corrected chi connectivity index (χ4v) is 1.66. The van der Waals surface area contributed by atoms with E-state index in [1.807, 2.05) is 11.8 Å². The van der Waals surface area contributed by atoms with Crippen LogP contribution in [-0.4, -0.2) is 29.6 Å². The predicted octanol–water partition coefficient (Wildman–Crippen LogP) is 1.41. The maximum absolute atomic E-state index is 11.1. The molecule has 0 rings (SSSR count). The minimum absolute atomic E-state index is 0.285. The third-order valence-corrected chi connectivity index (χ3v) is 2.61. The van der Waals surface area contributed by atoms with Gasteiger partial charge in [-0.05, 0) is 24.3 Å². The van der Waals surface area contributed by atoms with Crippen LogP contribution >= 0.6 is 11.8 Å². The highest BCUT2D eigenvalue weighted by Crippen LogP contribution is 2.11. The predicted molar refractivity (Wildman–Crippen MR) is 56.8 cm³/mol. The Labute approximate surface area is 84.4 Å². The van der Waals surface area contributed by atoms with Crippen molar-refractivity contribution in [3.8, 4) is 0 Å². The molecule has 0 aromatic carbocycles. The van der Waals surface area contributed by atoms with E-state index in [9.17, 15) is 4.79 Å². The second-order valence-corrected chi connectivity index (χ2v) is 4.75. The van der Waals surface area contributed by atoms with E-state index in [1.165, 1.54) is 0 Å². The van der Waals surface area contributed by atoms with Gasteiger partial charge >= 0.3 is 5.97 Å².